The van der Waals surface area contributed by atoms with Crippen LogP contribution in [-0.4, -0.2) is 39.0 Å². The monoisotopic (exact) mass is 310 g/mol. The van der Waals surface area contributed by atoms with Crippen LogP contribution in [0.1, 0.15) is 18.1 Å². The fourth-order valence-electron chi connectivity index (χ4n) is 1.70. The van der Waals surface area contributed by atoms with E-state index in [9.17, 15) is 13.9 Å². The lowest BCUT2D eigenvalue weighted by Crippen LogP contribution is -2.09. The summed E-state index contributed by atoms with van der Waals surface area (Å²) in [6, 6.07) is 3.21. The minimum absolute atomic E-state index is 0.0122. The van der Waals surface area contributed by atoms with Crippen molar-refractivity contribution in [2.75, 3.05) is 27.4 Å². The summed E-state index contributed by atoms with van der Waals surface area (Å²) in [6.07, 6.45) is -3.28. The number of rotatable bonds is 8. The maximum atomic E-state index is 11.9. The van der Waals surface area contributed by atoms with Crippen LogP contribution < -0.4 is 9.47 Å². The highest BCUT2D eigenvalue weighted by atomic mass is 35.5. The highest BCUT2D eigenvalue weighted by molar-refractivity contribution is 6.33. The lowest BCUT2D eigenvalue weighted by atomic mass is 10.1. The number of aliphatic hydroxyl groups excluding tert-OH is 1. The molecule has 0 heterocycles. The molecule has 0 amide bonds. The van der Waals surface area contributed by atoms with Crippen molar-refractivity contribution in [2.45, 2.75) is 19.0 Å². The highest BCUT2D eigenvalue weighted by Gasteiger charge is 2.19. The number of methoxy groups -OCH3 is 2. The first-order valence-corrected chi connectivity index (χ1v) is 6.33. The quantitative estimate of drug-likeness (QED) is 0.750. The Morgan fingerprint density at radius 2 is 1.95 bits per heavy atom. The van der Waals surface area contributed by atoms with Gasteiger partial charge in [-0.15, -0.1) is 0 Å². The van der Waals surface area contributed by atoms with Crippen LogP contribution >= 0.6 is 11.6 Å². The molecule has 1 aromatic carbocycles. The van der Waals surface area contributed by atoms with E-state index in [1.165, 1.54) is 14.2 Å². The van der Waals surface area contributed by atoms with Crippen LogP contribution in [-0.2, 0) is 4.74 Å². The Labute approximate surface area is 121 Å². The Bertz CT molecular complexity index is 429. The summed E-state index contributed by atoms with van der Waals surface area (Å²) in [6.45, 7) is -0.633. The Kier molecular flexibility index (Phi) is 6.98. The zero-order valence-corrected chi connectivity index (χ0v) is 12.0. The second-order valence-corrected chi connectivity index (χ2v) is 4.35. The summed E-state index contributed by atoms with van der Waals surface area (Å²) in [4.78, 5) is 0. The van der Waals surface area contributed by atoms with Gasteiger partial charge in [-0.25, -0.2) is 8.78 Å². The van der Waals surface area contributed by atoms with Gasteiger partial charge in [-0.05, 0) is 12.1 Å². The first-order valence-electron chi connectivity index (χ1n) is 5.95. The van der Waals surface area contributed by atoms with Gasteiger partial charge in [0.05, 0.1) is 20.3 Å². The lowest BCUT2D eigenvalue weighted by molar-refractivity contribution is 0.00460. The molecule has 20 heavy (non-hydrogen) atoms. The molecule has 1 unspecified atom stereocenters. The van der Waals surface area contributed by atoms with E-state index in [2.05, 4.69) is 0 Å². The fourth-order valence-corrected chi connectivity index (χ4v) is 2.03. The average Bonchev–Trinajstić information content (AvgIpc) is 2.42. The molecule has 0 fully saturated rings. The number of hydrogen-bond acceptors (Lipinski definition) is 4. The fraction of sp³-hybridized carbons (Fsp3) is 0.538. The van der Waals surface area contributed by atoms with Gasteiger partial charge in [-0.2, -0.15) is 0 Å². The zero-order valence-electron chi connectivity index (χ0n) is 11.2. The van der Waals surface area contributed by atoms with E-state index >= 15 is 0 Å². The van der Waals surface area contributed by atoms with Gasteiger partial charge >= 0.3 is 0 Å². The first-order chi connectivity index (χ1) is 9.51. The van der Waals surface area contributed by atoms with E-state index in [1.807, 2.05) is 0 Å². The van der Waals surface area contributed by atoms with Gasteiger partial charge in [-0.3, -0.25) is 0 Å². The van der Waals surface area contributed by atoms with Crippen LogP contribution in [0.15, 0.2) is 12.1 Å². The Morgan fingerprint density at radius 1 is 1.25 bits per heavy atom. The number of halogens is 3. The van der Waals surface area contributed by atoms with Gasteiger partial charge in [0.2, 0.25) is 0 Å². The molecule has 0 bridgehead atoms. The molecule has 4 nitrogen and oxygen atoms in total. The van der Waals surface area contributed by atoms with Crippen LogP contribution in [0.5, 0.6) is 11.5 Å². The first kappa shape index (κ1) is 16.9. The standard InChI is InChI=1S/C13H17ClF2O4/c1-18-10-4-3-8(13(19-2)12(10)14)9(17)5-6-20-7-11(15)16/h3-4,9,11,17H,5-7H2,1-2H3. The van der Waals surface area contributed by atoms with Crippen molar-refractivity contribution in [1.82, 2.24) is 0 Å². The number of alkyl halides is 2. The topological polar surface area (TPSA) is 47.9 Å². The van der Waals surface area contributed by atoms with Gasteiger partial charge < -0.3 is 19.3 Å². The average molecular weight is 311 g/mol. The largest absolute Gasteiger partial charge is 0.495 e. The van der Waals surface area contributed by atoms with Crippen LogP contribution in [0, 0.1) is 0 Å². The summed E-state index contributed by atoms with van der Waals surface area (Å²) >= 11 is 6.07. The second kappa shape index (κ2) is 8.24. The van der Waals surface area contributed by atoms with E-state index in [0.717, 1.165) is 0 Å². The summed E-state index contributed by atoms with van der Waals surface area (Å²) in [5, 5.41) is 10.3. The maximum Gasteiger partial charge on any atom is 0.261 e. The molecule has 0 saturated carbocycles. The van der Waals surface area contributed by atoms with E-state index in [0.29, 0.717) is 17.1 Å². The van der Waals surface area contributed by atoms with E-state index in [4.69, 9.17) is 25.8 Å². The van der Waals surface area contributed by atoms with Crippen LogP contribution in [0.2, 0.25) is 5.02 Å². The third kappa shape index (κ3) is 4.47. The lowest BCUT2D eigenvalue weighted by Gasteiger charge is -2.17. The normalized spacial score (nSPS) is 12.6. The van der Waals surface area contributed by atoms with E-state index in [-0.39, 0.29) is 18.1 Å². The van der Waals surface area contributed by atoms with Gasteiger partial charge in [0, 0.05) is 18.6 Å². The SMILES string of the molecule is COc1ccc(C(O)CCOCC(F)F)c(OC)c1Cl. The van der Waals surface area contributed by atoms with Crippen LogP contribution in [0.3, 0.4) is 0 Å². The summed E-state index contributed by atoms with van der Waals surface area (Å²) in [7, 11) is 2.89. The van der Waals surface area contributed by atoms with Crippen LogP contribution in [0.4, 0.5) is 8.78 Å². The summed E-state index contributed by atoms with van der Waals surface area (Å²) in [5.41, 5.74) is 0.457. The number of hydrogen-bond donors (Lipinski definition) is 1. The number of aliphatic hydroxyl groups is 1. The third-order valence-corrected chi connectivity index (χ3v) is 3.01. The second-order valence-electron chi connectivity index (χ2n) is 3.97. The molecule has 114 valence electrons. The van der Waals surface area contributed by atoms with Crippen molar-refractivity contribution < 1.29 is 28.1 Å². The molecule has 0 aromatic heterocycles. The molecule has 0 radical (unpaired) electrons. The number of benzene rings is 1. The summed E-state index contributed by atoms with van der Waals surface area (Å²) in [5.74, 6) is 0.723. The maximum absolute atomic E-state index is 11.9. The van der Waals surface area contributed by atoms with E-state index in [1.54, 1.807) is 12.1 Å². The van der Waals surface area contributed by atoms with Crippen molar-refractivity contribution in [3.05, 3.63) is 22.7 Å². The minimum Gasteiger partial charge on any atom is -0.495 e. The zero-order chi connectivity index (χ0) is 15.1. The van der Waals surface area contributed by atoms with Gasteiger partial charge in [0.25, 0.3) is 6.43 Å². The molecule has 1 rings (SSSR count). The highest BCUT2D eigenvalue weighted by Crippen LogP contribution is 2.40. The third-order valence-electron chi connectivity index (χ3n) is 2.65. The predicted molar refractivity (Wildman–Crippen MR) is 71.0 cm³/mol. The molecule has 0 aliphatic heterocycles. The summed E-state index contributed by atoms with van der Waals surface area (Å²) < 4.78 is 38.7. The molecule has 1 atom stereocenters. The van der Waals surface area contributed by atoms with Gasteiger partial charge in [-0.1, -0.05) is 11.6 Å². The van der Waals surface area contributed by atoms with Crippen molar-refractivity contribution in [1.29, 1.82) is 0 Å². The van der Waals surface area contributed by atoms with Crippen molar-refractivity contribution in [3.8, 4) is 11.5 Å². The van der Waals surface area contributed by atoms with Crippen molar-refractivity contribution >= 4 is 11.6 Å². The predicted octanol–water partition coefficient (Wildman–Crippen LogP) is 3.06. The molecule has 1 N–H and O–H groups in total. The van der Waals surface area contributed by atoms with Crippen LogP contribution in [0.25, 0.3) is 0 Å². The molecule has 7 heteroatoms. The van der Waals surface area contributed by atoms with Gasteiger partial charge in [0.15, 0.2) is 0 Å². The van der Waals surface area contributed by atoms with E-state index < -0.39 is 19.1 Å². The minimum atomic E-state index is -2.52. The smallest absolute Gasteiger partial charge is 0.261 e. The Hall–Kier alpha value is -1.11. The van der Waals surface area contributed by atoms with Gasteiger partial charge in [0.1, 0.15) is 23.1 Å². The molecular formula is C13H17ClF2O4. The molecule has 1 aromatic rings. The Morgan fingerprint density at radius 3 is 2.50 bits per heavy atom. The Balaban J connectivity index is 2.72. The number of ether oxygens (including phenoxy) is 3. The molecule has 0 aliphatic carbocycles. The molecular weight excluding hydrogens is 294 g/mol. The molecule has 0 aliphatic rings. The molecule has 0 saturated heterocycles. The van der Waals surface area contributed by atoms with Crippen molar-refractivity contribution in [3.63, 3.8) is 0 Å². The van der Waals surface area contributed by atoms with Crippen molar-refractivity contribution in [2.24, 2.45) is 0 Å². The molecule has 0 spiro atoms.